The SMILES string of the molecule is NS(=O)(=O)CCc1ncc(F)cn1. The Balaban J connectivity index is 2.61. The first-order valence-corrected chi connectivity index (χ1v) is 5.16. The highest BCUT2D eigenvalue weighted by Crippen LogP contribution is 1.95. The number of aromatic nitrogens is 2. The zero-order valence-electron chi connectivity index (χ0n) is 6.64. The number of aryl methyl sites for hydroxylation is 1. The van der Waals surface area contributed by atoms with Gasteiger partial charge in [0.05, 0.1) is 18.1 Å². The average Bonchev–Trinajstić information content (AvgIpc) is 2.02. The minimum Gasteiger partial charge on any atom is -0.238 e. The lowest BCUT2D eigenvalue weighted by molar-refractivity contribution is 0.594. The Morgan fingerprint density at radius 2 is 1.92 bits per heavy atom. The van der Waals surface area contributed by atoms with Gasteiger partial charge in [-0.05, 0) is 0 Å². The largest absolute Gasteiger partial charge is 0.238 e. The Labute approximate surface area is 74.9 Å². The molecule has 0 saturated heterocycles. The molecule has 13 heavy (non-hydrogen) atoms. The van der Waals surface area contributed by atoms with Crippen molar-refractivity contribution in [3.63, 3.8) is 0 Å². The maximum atomic E-state index is 12.3. The van der Waals surface area contributed by atoms with E-state index in [4.69, 9.17) is 5.14 Å². The highest BCUT2D eigenvalue weighted by Gasteiger charge is 2.05. The number of halogens is 1. The molecule has 0 aromatic carbocycles. The lowest BCUT2D eigenvalue weighted by Crippen LogP contribution is -2.18. The Hall–Kier alpha value is -1.08. The van der Waals surface area contributed by atoms with E-state index in [0.29, 0.717) is 0 Å². The maximum absolute atomic E-state index is 12.3. The van der Waals surface area contributed by atoms with Crippen molar-refractivity contribution in [1.82, 2.24) is 9.97 Å². The van der Waals surface area contributed by atoms with Gasteiger partial charge in [0.1, 0.15) is 5.82 Å². The Morgan fingerprint density at radius 3 is 2.38 bits per heavy atom. The molecule has 0 atom stereocenters. The summed E-state index contributed by atoms with van der Waals surface area (Å²) < 4.78 is 33.3. The van der Waals surface area contributed by atoms with Crippen LogP contribution < -0.4 is 5.14 Å². The molecular weight excluding hydrogens is 197 g/mol. The summed E-state index contributed by atoms with van der Waals surface area (Å²) in [6.45, 7) is 0. The number of primary sulfonamides is 1. The first kappa shape index (κ1) is 10.0. The van der Waals surface area contributed by atoms with E-state index in [-0.39, 0.29) is 18.0 Å². The van der Waals surface area contributed by atoms with Crippen LogP contribution in [0.5, 0.6) is 0 Å². The smallest absolute Gasteiger partial charge is 0.209 e. The molecule has 1 aromatic heterocycles. The molecule has 5 nitrogen and oxygen atoms in total. The van der Waals surface area contributed by atoms with Gasteiger partial charge in [-0.1, -0.05) is 0 Å². The molecular formula is C6H8FN3O2S. The van der Waals surface area contributed by atoms with Crippen LogP contribution in [0.4, 0.5) is 4.39 Å². The number of nitrogens with zero attached hydrogens (tertiary/aromatic N) is 2. The van der Waals surface area contributed by atoms with Crippen LogP contribution in [0.2, 0.25) is 0 Å². The van der Waals surface area contributed by atoms with Crippen LogP contribution in [0, 0.1) is 5.82 Å². The van der Waals surface area contributed by atoms with Gasteiger partial charge in [-0.3, -0.25) is 0 Å². The minimum atomic E-state index is -3.51. The van der Waals surface area contributed by atoms with E-state index in [9.17, 15) is 12.8 Å². The molecule has 0 aliphatic rings. The van der Waals surface area contributed by atoms with Crippen LogP contribution in [0.25, 0.3) is 0 Å². The van der Waals surface area contributed by atoms with Gasteiger partial charge in [-0.2, -0.15) is 0 Å². The lowest BCUT2D eigenvalue weighted by atomic mass is 10.4. The highest BCUT2D eigenvalue weighted by molar-refractivity contribution is 7.89. The Morgan fingerprint density at radius 1 is 1.38 bits per heavy atom. The fourth-order valence-electron chi connectivity index (χ4n) is 0.702. The Bertz CT molecular complexity index is 375. The van der Waals surface area contributed by atoms with Gasteiger partial charge in [-0.15, -0.1) is 0 Å². The van der Waals surface area contributed by atoms with Gasteiger partial charge in [0.2, 0.25) is 10.0 Å². The number of hydrogen-bond acceptors (Lipinski definition) is 4. The predicted molar refractivity (Wildman–Crippen MR) is 43.7 cm³/mol. The zero-order chi connectivity index (χ0) is 9.90. The van der Waals surface area contributed by atoms with E-state index in [0.717, 1.165) is 12.4 Å². The molecule has 0 fully saturated rings. The van der Waals surface area contributed by atoms with Crippen molar-refractivity contribution in [2.75, 3.05) is 5.75 Å². The molecule has 0 saturated carbocycles. The second-order valence-corrected chi connectivity index (χ2v) is 4.17. The van der Waals surface area contributed by atoms with Gasteiger partial charge < -0.3 is 0 Å². The molecule has 0 radical (unpaired) electrons. The molecule has 1 aromatic rings. The van der Waals surface area contributed by atoms with Crippen LogP contribution >= 0.6 is 0 Å². The summed E-state index contributed by atoms with van der Waals surface area (Å²) >= 11 is 0. The van der Waals surface area contributed by atoms with Crippen LogP contribution in [-0.4, -0.2) is 24.1 Å². The summed E-state index contributed by atoms with van der Waals surface area (Å²) in [5.74, 6) is -0.534. The van der Waals surface area contributed by atoms with Gasteiger partial charge in [-0.25, -0.2) is 27.9 Å². The third-order valence-corrected chi connectivity index (χ3v) is 2.06. The third kappa shape index (κ3) is 3.90. The fraction of sp³-hybridized carbons (Fsp3) is 0.333. The minimum absolute atomic E-state index is 0.0963. The molecule has 0 aliphatic carbocycles. The molecule has 0 spiro atoms. The molecule has 0 aliphatic heterocycles. The van der Waals surface area contributed by atoms with Gasteiger partial charge in [0.15, 0.2) is 5.82 Å². The fourth-order valence-corrected chi connectivity index (χ4v) is 1.17. The molecule has 1 rings (SSSR count). The Kier molecular flexibility index (Phi) is 2.89. The number of nitrogens with two attached hydrogens (primary N) is 1. The number of hydrogen-bond donors (Lipinski definition) is 1. The molecule has 72 valence electrons. The summed E-state index contributed by atoms with van der Waals surface area (Å²) in [5, 5.41) is 4.76. The summed E-state index contributed by atoms with van der Waals surface area (Å²) in [6.07, 6.45) is 2.05. The molecule has 0 bridgehead atoms. The quantitative estimate of drug-likeness (QED) is 0.717. The van der Waals surface area contributed by atoms with Crippen molar-refractivity contribution in [3.05, 3.63) is 24.0 Å². The van der Waals surface area contributed by atoms with Crippen molar-refractivity contribution in [2.24, 2.45) is 5.14 Å². The van der Waals surface area contributed by atoms with E-state index in [1.807, 2.05) is 0 Å². The van der Waals surface area contributed by atoms with Gasteiger partial charge in [0.25, 0.3) is 0 Å². The summed E-state index contributed by atoms with van der Waals surface area (Å²) in [7, 11) is -3.51. The molecule has 0 amide bonds. The van der Waals surface area contributed by atoms with Crippen molar-refractivity contribution in [1.29, 1.82) is 0 Å². The highest BCUT2D eigenvalue weighted by atomic mass is 32.2. The van der Waals surface area contributed by atoms with Gasteiger partial charge >= 0.3 is 0 Å². The molecule has 7 heteroatoms. The first-order chi connectivity index (χ1) is 5.97. The second kappa shape index (κ2) is 3.75. The van der Waals surface area contributed by atoms with Gasteiger partial charge in [0, 0.05) is 6.42 Å². The van der Waals surface area contributed by atoms with E-state index in [1.165, 1.54) is 0 Å². The van der Waals surface area contributed by atoms with Crippen LogP contribution in [0.3, 0.4) is 0 Å². The van der Waals surface area contributed by atoms with Crippen LogP contribution in [-0.2, 0) is 16.4 Å². The second-order valence-electron chi connectivity index (χ2n) is 2.43. The summed E-state index contributed by atoms with van der Waals surface area (Å²) in [6, 6.07) is 0. The van der Waals surface area contributed by atoms with E-state index in [2.05, 4.69) is 9.97 Å². The average molecular weight is 205 g/mol. The summed E-state index contributed by atoms with van der Waals surface area (Å²) in [5.41, 5.74) is 0. The van der Waals surface area contributed by atoms with E-state index < -0.39 is 15.8 Å². The van der Waals surface area contributed by atoms with Crippen molar-refractivity contribution < 1.29 is 12.8 Å². The van der Waals surface area contributed by atoms with Crippen LogP contribution in [0.15, 0.2) is 12.4 Å². The summed E-state index contributed by atoms with van der Waals surface area (Å²) in [4.78, 5) is 7.15. The van der Waals surface area contributed by atoms with Crippen molar-refractivity contribution in [2.45, 2.75) is 6.42 Å². The maximum Gasteiger partial charge on any atom is 0.209 e. The van der Waals surface area contributed by atoms with Crippen molar-refractivity contribution in [3.8, 4) is 0 Å². The third-order valence-electron chi connectivity index (χ3n) is 1.28. The monoisotopic (exact) mass is 205 g/mol. The van der Waals surface area contributed by atoms with Crippen LogP contribution in [0.1, 0.15) is 5.82 Å². The molecule has 0 unspecified atom stereocenters. The number of rotatable bonds is 3. The zero-order valence-corrected chi connectivity index (χ0v) is 7.46. The molecule has 1 heterocycles. The predicted octanol–water partition coefficient (Wildman–Crippen LogP) is -0.553. The first-order valence-electron chi connectivity index (χ1n) is 3.44. The standard InChI is InChI=1S/C6H8FN3O2S/c7-5-3-9-6(10-4-5)1-2-13(8,11)12/h3-4H,1-2H2,(H2,8,11,12). The lowest BCUT2D eigenvalue weighted by Gasteiger charge is -1.97. The molecule has 2 N–H and O–H groups in total. The number of sulfonamides is 1. The van der Waals surface area contributed by atoms with E-state index >= 15 is 0 Å². The van der Waals surface area contributed by atoms with E-state index in [1.54, 1.807) is 0 Å². The topological polar surface area (TPSA) is 85.9 Å². The normalized spacial score (nSPS) is 11.5. The van der Waals surface area contributed by atoms with Crippen molar-refractivity contribution >= 4 is 10.0 Å².